The highest BCUT2D eigenvalue weighted by molar-refractivity contribution is 14.1. The molecule has 0 aliphatic carbocycles. The van der Waals surface area contributed by atoms with Crippen LogP contribution in [0.5, 0.6) is 0 Å². The summed E-state index contributed by atoms with van der Waals surface area (Å²) in [4.78, 5) is 4.14. The molecule has 0 aliphatic heterocycles. The zero-order chi connectivity index (χ0) is 7.84. The second-order valence-corrected chi connectivity index (χ2v) is 4.41. The molecule has 2 aromatic heterocycles. The number of halogens is 2. The van der Waals surface area contributed by atoms with E-state index in [1.807, 2.05) is 17.6 Å². The molecule has 0 radical (unpaired) electrons. The Kier molecular flexibility index (Phi) is 2.03. The van der Waals surface area contributed by atoms with Gasteiger partial charge in [0.2, 0.25) is 0 Å². The molecule has 0 bridgehead atoms. The van der Waals surface area contributed by atoms with E-state index in [9.17, 15) is 0 Å². The summed E-state index contributed by atoms with van der Waals surface area (Å²) >= 11 is 9.80. The number of fused-ring (bicyclic) bond motifs is 1. The van der Waals surface area contributed by atoms with Crippen molar-refractivity contribution in [3.05, 3.63) is 26.4 Å². The molecule has 0 N–H and O–H groups in total. The van der Waals surface area contributed by atoms with Gasteiger partial charge in [0.1, 0.15) is 3.70 Å². The van der Waals surface area contributed by atoms with Gasteiger partial charge >= 0.3 is 0 Å². The van der Waals surface area contributed by atoms with Crippen LogP contribution in [0.25, 0.3) is 10.1 Å². The molecule has 0 saturated carbocycles. The van der Waals surface area contributed by atoms with E-state index >= 15 is 0 Å². The lowest BCUT2D eigenvalue weighted by Gasteiger charge is -1.94. The molecule has 1 nitrogen and oxygen atoms in total. The van der Waals surface area contributed by atoms with E-state index in [2.05, 4.69) is 27.6 Å². The SMILES string of the molecule is Clc1c(I)ncc2sccc12. The fraction of sp³-hybridized carbons (Fsp3) is 0. The van der Waals surface area contributed by atoms with Gasteiger partial charge in [-0.05, 0) is 34.0 Å². The average molecular weight is 296 g/mol. The van der Waals surface area contributed by atoms with E-state index in [1.54, 1.807) is 11.3 Å². The van der Waals surface area contributed by atoms with Gasteiger partial charge in [-0.3, -0.25) is 0 Å². The van der Waals surface area contributed by atoms with Crippen molar-refractivity contribution in [1.29, 1.82) is 0 Å². The van der Waals surface area contributed by atoms with Crippen molar-refractivity contribution in [2.24, 2.45) is 0 Å². The van der Waals surface area contributed by atoms with Crippen molar-refractivity contribution < 1.29 is 0 Å². The van der Waals surface area contributed by atoms with Crippen molar-refractivity contribution in [2.75, 3.05) is 0 Å². The zero-order valence-corrected chi connectivity index (χ0v) is 9.07. The minimum atomic E-state index is 0.768. The Morgan fingerprint density at radius 1 is 1.55 bits per heavy atom. The molecule has 0 fully saturated rings. The van der Waals surface area contributed by atoms with Gasteiger partial charge in [-0.15, -0.1) is 11.3 Å². The lowest BCUT2D eigenvalue weighted by Crippen LogP contribution is -1.79. The number of thiophene rings is 1. The third-order valence-corrected chi connectivity index (χ3v) is 3.78. The molecule has 2 aromatic rings. The van der Waals surface area contributed by atoms with E-state index in [0.717, 1.165) is 18.8 Å². The molecule has 0 aliphatic rings. The first kappa shape index (κ1) is 7.76. The Morgan fingerprint density at radius 2 is 2.36 bits per heavy atom. The number of rotatable bonds is 0. The number of aromatic nitrogens is 1. The fourth-order valence-corrected chi connectivity index (χ4v) is 2.35. The Bertz CT molecular complexity index is 398. The lowest BCUT2D eigenvalue weighted by molar-refractivity contribution is 1.31. The molecule has 0 amide bonds. The van der Waals surface area contributed by atoms with E-state index < -0.39 is 0 Å². The highest BCUT2D eigenvalue weighted by Crippen LogP contribution is 2.29. The normalized spacial score (nSPS) is 10.7. The molecule has 0 saturated heterocycles. The molecule has 0 atom stereocenters. The summed E-state index contributed by atoms with van der Waals surface area (Å²) in [6, 6.07) is 2.02. The van der Waals surface area contributed by atoms with Crippen LogP contribution in [0.4, 0.5) is 0 Å². The predicted molar refractivity (Wildman–Crippen MR) is 57.3 cm³/mol. The summed E-state index contributed by atoms with van der Waals surface area (Å²) in [6.07, 6.45) is 1.85. The minimum Gasteiger partial charge on any atom is -0.247 e. The maximum Gasteiger partial charge on any atom is 0.120 e. The minimum absolute atomic E-state index is 0.768. The Morgan fingerprint density at radius 3 is 3.18 bits per heavy atom. The van der Waals surface area contributed by atoms with Gasteiger partial charge in [0.15, 0.2) is 0 Å². The third kappa shape index (κ3) is 1.25. The standard InChI is InChI=1S/C7H3ClINS/c8-6-4-1-2-11-5(4)3-10-7(6)9/h1-3H. The molecular weight excluding hydrogens is 293 g/mol. The average Bonchev–Trinajstić information content (AvgIpc) is 2.45. The molecule has 0 spiro atoms. The summed E-state index contributed by atoms with van der Waals surface area (Å²) in [5.74, 6) is 0. The third-order valence-electron chi connectivity index (χ3n) is 1.41. The molecular formula is C7H3ClINS. The predicted octanol–water partition coefficient (Wildman–Crippen LogP) is 3.55. The van der Waals surface area contributed by atoms with Crippen molar-refractivity contribution in [1.82, 2.24) is 4.98 Å². The fourth-order valence-electron chi connectivity index (χ4n) is 0.885. The summed E-state index contributed by atoms with van der Waals surface area (Å²) in [7, 11) is 0. The van der Waals surface area contributed by atoms with Crippen LogP contribution in [0, 0.1) is 3.70 Å². The largest absolute Gasteiger partial charge is 0.247 e. The highest BCUT2D eigenvalue weighted by Gasteiger charge is 2.03. The number of pyridine rings is 1. The van der Waals surface area contributed by atoms with Gasteiger partial charge in [0.25, 0.3) is 0 Å². The number of hydrogen-bond acceptors (Lipinski definition) is 2. The monoisotopic (exact) mass is 295 g/mol. The van der Waals surface area contributed by atoms with Gasteiger partial charge in [0, 0.05) is 11.6 Å². The topological polar surface area (TPSA) is 12.9 Å². The van der Waals surface area contributed by atoms with Crippen LogP contribution in [0.2, 0.25) is 5.02 Å². The van der Waals surface area contributed by atoms with Crippen molar-refractivity contribution in [3.8, 4) is 0 Å². The van der Waals surface area contributed by atoms with Crippen molar-refractivity contribution in [3.63, 3.8) is 0 Å². The van der Waals surface area contributed by atoms with Crippen molar-refractivity contribution in [2.45, 2.75) is 0 Å². The highest BCUT2D eigenvalue weighted by atomic mass is 127. The Balaban J connectivity index is 2.93. The van der Waals surface area contributed by atoms with E-state index in [-0.39, 0.29) is 0 Å². The van der Waals surface area contributed by atoms with Gasteiger partial charge in [-0.2, -0.15) is 0 Å². The Labute approximate surface area is 86.5 Å². The first-order valence-electron chi connectivity index (χ1n) is 2.96. The molecule has 56 valence electrons. The molecule has 2 heterocycles. The first-order chi connectivity index (χ1) is 5.29. The van der Waals surface area contributed by atoms with Crippen LogP contribution in [0.3, 0.4) is 0 Å². The van der Waals surface area contributed by atoms with Gasteiger partial charge in [-0.25, -0.2) is 4.98 Å². The van der Waals surface area contributed by atoms with Gasteiger partial charge in [0.05, 0.1) is 9.72 Å². The van der Waals surface area contributed by atoms with E-state index in [4.69, 9.17) is 11.6 Å². The number of hydrogen-bond donors (Lipinski definition) is 0. The van der Waals surface area contributed by atoms with Gasteiger partial charge < -0.3 is 0 Å². The molecule has 4 heteroatoms. The maximum atomic E-state index is 6.00. The summed E-state index contributed by atoms with van der Waals surface area (Å²) in [5, 5.41) is 3.90. The quantitative estimate of drug-likeness (QED) is 0.535. The van der Waals surface area contributed by atoms with Crippen LogP contribution < -0.4 is 0 Å². The summed E-state index contributed by atoms with van der Waals surface area (Å²) in [5.41, 5.74) is 0. The molecule has 0 aromatic carbocycles. The van der Waals surface area contributed by atoms with Crippen LogP contribution >= 0.6 is 45.5 Å². The smallest absolute Gasteiger partial charge is 0.120 e. The maximum absolute atomic E-state index is 6.00. The van der Waals surface area contributed by atoms with E-state index in [1.165, 1.54) is 0 Å². The number of nitrogens with zero attached hydrogens (tertiary/aromatic N) is 1. The van der Waals surface area contributed by atoms with Crippen LogP contribution in [-0.4, -0.2) is 4.98 Å². The van der Waals surface area contributed by atoms with Crippen LogP contribution in [0.15, 0.2) is 17.6 Å². The van der Waals surface area contributed by atoms with Crippen molar-refractivity contribution >= 4 is 55.6 Å². The van der Waals surface area contributed by atoms with Crippen LogP contribution in [0.1, 0.15) is 0 Å². The zero-order valence-electron chi connectivity index (χ0n) is 5.34. The Hall–Kier alpha value is 0.130. The second-order valence-electron chi connectivity index (χ2n) is 2.06. The summed E-state index contributed by atoms with van der Waals surface area (Å²) < 4.78 is 2.02. The summed E-state index contributed by atoms with van der Waals surface area (Å²) in [6.45, 7) is 0. The van der Waals surface area contributed by atoms with Crippen LogP contribution in [-0.2, 0) is 0 Å². The molecule has 2 rings (SSSR count). The molecule has 0 unspecified atom stereocenters. The first-order valence-corrected chi connectivity index (χ1v) is 5.30. The van der Waals surface area contributed by atoms with Gasteiger partial charge in [-0.1, -0.05) is 11.6 Å². The lowest BCUT2D eigenvalue weighted by atomic mass is 10.3. The molecule has 11 heavy (non-hydrogen) atoms. The second kappa shape index (κ2) is 2.88. The van der Waals surface area contributed by atoms with E-state index in [0.29, 0.717) is 0 Å².